The summed E-state index contributed by atoms with van der Waals surface area (Å²) >= 11 is 5.79. The Hall–Kier alpha value is -1.79. The lowest BCUT2D eigenvalue weighted by Gasteiger charge is -2.13. The molecule has 110 valence electrons. The fourth-order valence-electron chi connectivity index (χ4n) is 1.54. The van der Waals surface area contributed by atoms with Crippen molar-refractivity contribution in [3.8, 4) is 0 Å². The van der Waals surface area contributed by atoms with E-state index in [-0.39, 0.29) is 16.7 Å². The number of aromatic carboxylic acids is 1. The second-order valence-electron chi connectivity index (χ2n) is 4.13. The number of hydrogen-bond acceptors (Lipinski definition) is 3. The lowest BCUT2D eigenvalue weighted by atomic mass is 10.2. The average Bonchev–Trinajstić information content (AvgIpc) is 2.36. The Balaban J connectivity index is 2.59. The van der Waals surface area contributed by atoms with E-state index in [0.29, 0.717) is 18.8 Å². The highest BCUT2D eigenvalue weighted by Gasteiger charge is 2.09. The van der Waals surface area contributed by atoms with E-state index in [1.807, 2.05) is 13.8 Å². The monoisotopic (exact) mass is 300 g/mol. The number of hydrogen-bond donors (Lipinski definition) is 3. The van der Waals surface area contributed by atoms with Crippen molar-refractivity contribution >= 4 is 29.3 Å². The van der Waals surface area contributed by atoms with Crippen molar-refractivity contribution in [1.29, 1.82) is 0 Å². The molecule has 0 fully saturated rings. The Morgan fingerprint density at radius 3 is 2.70 bits per heavy atom. The van der Waals surface area contributed by atoms with Crippen LogP contribution in [0.15, 0.2) is 18.2 Å². The van der Waals surface area contributed by atoms with Crippen LogP contribution in [0.2, 0.25) is 5.02 Å². The smallest absolute Gasteiger partial charge is 0.335 e. The second kappa shape index (κ2) is 7.72. The maximum absolute atomic E-state index is 11.6. The molecular formula is C13H17ClN2O4. The molecule has 0 bridgehead atoms. The van der Waals surface area contributed by atoms with Gasteiger partial charge in [0.15, 0.2) is 0 Å². The summed E-state index contributed by atoms with van der Waals surface area (Å²) < 4.78 is 5.27. The molecule has 3 N–H and O–H groups in total. The first-order valence-corrected chi connectivity index (χ1v) is 6.50. The normalized spacial score (nSPS) is 11.8. The van der Waals surface area contributed by atoms with E-state index in [9.17, 15) is 9.59 Å². The third kappa shape index (κ3) is 5.46. The lowest BCUT2D eigenvalue weighted by molar-refractivity contribution is 0.0696. The molecule has 1 unspecified atom stereocenters. The number of carboxylic acids is 1. The fraction of sp³-hybridized carbons (Fsp3) is 0.385. The van der Waals surface area contributed by atoms with Gasteiger partial charge in [0, 0.05) is 23.9 Å². The molecule has 1 aromatic rings. The molecule has 0 spiro atoms. The van der Waals surface area contributed by atoms with E-state index in [1.165, 1.54) is 18.2 Å². The summed E-state index contributed by atoms with van der Waals surface area (Å²) in [5, 5.41) is 14.3. The summed E-state index contributed by atoms with van der Waals surface area (Å²) in [5.74, 6) is -1.11. The highest BCUT2D eigenvalue weighted by molar-refractivity contribution is 6.31. The second-order valence-corrected chi connectivity index (χ2v) is 4.57. The van der Waals surface area contributed by atoms with Gasteiger partial charge in [0.2, 0.25) is 0 Å². The molecule has 1 atom stereocenters. The van der Waals surface area contributed by atoms with E-state index in [1.54, 1.807) is 0 Å². The first kappa shape index (κ1) is 16.3. The molecule has 1 aromatic carbocycles. The predicted molar refractivity (Wildman–Crippen MR) is 76.5 cm³/mol. The largest absolute Gasteiger partial charge is 0.478 e. The molecule has 7 heteroatoms. The number of amides is 2. The third-order valence-electron chi connectivity index (χ3n) is 2.40. The van der Waals surface area contributed by atoms with E-state index < -0.39 is 12.0 Å². The maximum atomic E-state index is 11.6. The van der Waals surface area contributed by atoms with Gasteiger partial charge in [0.1, 0.15) is 0 Å². The highest BCUT2D eigenvalue weighted by Crippen LogP contribution is 2.19. The van der Waals surface area contributed by atoms with Crippen LogP contribution in [-0.2, 0) is 4.74 Å². The van der Waals surface area contributed by atoms with Crippen molar-refractivity contribution in [1.82, 2.24) is 5.32 Å². The standard InChI is InChI=1S/C13H17ClN2O4/c1-3-20-8(2)7-15-13(19)16-11-5-9(12(17)18)4-10(14)6-11/h4-6,8H,3,7H2,1-2H3,(H,17,18)(H2,15,16,19). The topological polar surface area (TPSA) is 87.7 Å². The van der Waals surface area contributed by atoms with Crippen molar-refractivity contribution < 1.29 is 19.4 Å². The van der Waals surface area contributed by atoms with Crippen molar-refractivity contribution in [2.24, 2.45) is 0 Å². The minimum atomic E-state index is -1.11. The Labute approximate surface area is 122 Å². The summed E-state index contributed by atoms with van der Waals surface area (Å²) in [6, 6.07) is 3.67. The number of rotatable bonds is 6. The predicted octanol–water partition coefficient (Wildman–Crippen LogP) is 2.58. The Bertz CT molecular complexity index is 493. The fourth-order valence-corrected chi connectivity index (χ4v) is 1.78. The van der Waals surface area contributed by atoms with Gasteiger partial charge in [-0.2, -0.15) is 0 Å². The number of ether oxygens (including phenoxy) is 1. The molecule has 6 nitrogen and oxygen atoms in total. The van der Waals surface area contributed by atoms with Crippen LogP contribution < -0.4 is 10.6 Å². The first-order valence-electron chi connectivity index (χ1n) is 6.12. The lowest BCUT2D eigenvalue weighted by Crippen LogP contribution is -2.35. The minimum absolute atomic E-state index is 0.00971. The average molecular weight is 301 g/mol. The molecule has 0 aromatic heterocycles. The number of carbonyl (C=O) groups is 2. The Kier molecular flexibility index (Phi) is 6.27. The number of carboxylic acid groups (broad SMARTS) is 1. The molecule has 0 radical (unpaired) electrons. The molecular weight excluding hydrogens is 284 g/mol. The van der Waals surface area contributed by atoms with Crippen LogP contribution in [0.1, 0.15) is 24.2 Å². The Morgan fingerprint density at radius 2 is 2.10 bits per heavy atom. The number of nitrogens with one attached hydrogen (secondary N) is 2. The van der Waals surface area contributed by atoms with Crippen LogP contribution in [-0.4, -0.2) is 36.4 Å². The highest BCUT2D eigenvalue weighted by atomic mass is 35.5. The quantitative estimate of drug-likeness (QED) is 0.753. The number of carbonyl (C=O) groups excluding carboxylic acids is 1. The summed E-state index contributed by atoms with van der Waals surface area (Å²) in [5.41, 5.74) is 0.326. The van der Waals surface area contributed by atoms with E-state index in [4.69, 9.17) is 21.4 Å². The molecule has 0 aliphatic rings. The number of benzene rings is 1. The molecule has 20 heavy (non-hydrogen) atoms. The molecule has 2 amide bonds. The minimum Gasteiger partial charge on any atom is -0.478 e. The molecule has 0 saturated carbocycles. The van der Waals surface area contributed by atoms with Crippen LogP contribution >= 0.6 is 11.6 Å². The molecule has 1 rings (SSSR count). The van der Waals surface area contributed by atoms with Crippen LogP contribution in [0.5, 0.6) is 0 Å². The summed E-state index contributed by atoms with van der Waals surface area (Å²) in [6.45, 7) is 4.63. The van der Waals surface area contributed by atoms with Gasteiger partial charge < -0.3 is 20.5 Å². The van der Waals surface area contributed by atoms with Crippen LogP contribution in [0.25, 0.3) is 0 Å². The number of anilines is 1. The van der Waals surface area contributed by atoms with Crippen LogP contribution in [0, 0.1) is 0 Å². The molecule has 0 heterocycles. The molecule has 0 saturated heterocycles. The van der Waals surface area contributed by atoms with Gasteiger partial charge in [-0.15, -0.1) is 0 Å². The SMILES string of the molecule is CCOC(C)CNC(=O)Nc1cc(Cl)cc(C(=O)O)c1. The van der Waals surface area contributed by atoms with E-state index >= 15 is 0 Å². The summed E-state index contributed by atoms with van der Waals surface area (Å²) in [6.07, 6.45) is -0.0975. The zero-order valence-electron chi connectivity index (χ0n) is 11.3. The summed E-state index contributed by atoms with van der Waals surface area (Å²) in [4.78, 5) is 22.5. The van der Waals surface area contributed by atoms with Gasteiger partial charge in [-0.3, -0.25) is 0 Å². The van der Waals surface area contributed by atoms with Crippen LogP contribution in [0.4, 0.5) is 10.5 Å². The zero-order chi connectivity index (χ0) is 15.1. The Morgan fingerprint density at radius 1 is 1.40 bits per heavy atom. The third-order valence-corrected chi connectivity index (χ3v) is 2.62. The van der Waals surface area contributed by atoms with Gasteiger partial charge in [-0.1, -0.05) is 11.6 Å². The van der Waals surface area contributed by atoms with E-state index in [2.05, 4.69) is 10.6 Å². The summed E-state index contributed by atoms with van der Waals surface area (Å²) in [7, 11) is 0. The van der Waals surface area contributed by atoms with E-state index in [0.717, 1.165) is 0 Å². The van der Waals surface area contributed by atoms with Crippen LogP contribution in [0.3, 0.4) is 0 Å². The van der Waals surface area contributed by atoms with Gasteiger partial charge in [0.05, 0.1) is 11.7 Å². The van der Waals surface area contributed by atoms with Gasteiger partial charge >= 0.3 is 12.0 Å². The van der Waals surface area contributed by atoms with Crippen molar-refractivity contribution in [3.05, 3.63) is 28.8 Å². The maximum Gasteiger partial charge on any atom is 0.335 e. The van der Waals surface area contributed by atoms with Crippen molar-refractivity contribution in [2.45, 2.75) is 20.0 Å². The number of halogens is 1. The van der Waals surface area contributed by atoms with Gasteiger partial charge in [-0.05, 0) is 32.0 Å². The number of urea groups is 1. The first-order chi connectivity index (χ1) is 9.42. The molecule has 0 aliphatic heterocycles. The van der Waals surface area contributed by atoms with Crippen molar-refractivity contribution in [3.63, 3.8) is 0 Å². The van der Waals surface area contributed by atoms with Gasteiger partial charge in [-0.25, -0.2) is 9.59 Å². The molecule has 0 aliphatic carbocycles. The zero-order valence-corrected chi connectivity index (χ0v) is 12.0. The van der Waals surface area contributed by atoms with Gasteiger partial charge in [0.25, 0.3) is 0 Å². The van der Waals surface area contributed by atoms with Crippen molar-refractivity contribution in [2.75, 3.05) is 18.5 Å².